The van der Waals surface area contributed by atoms with Crippen LogP contribution in [0.5, 0.6) is 0 Å². The van der Waals surface area contributed by atoms with Gasteiger partial charge in [0.05, 0.1) is 28.6 Å². The highest BCUT2D eigenvalue weighted by Gasteiger charge is 2.64. The predicted octanol–water partition coefficient (Wildman–Crippen LogP) is 7.46. The Labute approximate surface area is 218 Å². The lowest BCUT2D eigenvalue weighted by molar-refractivity contribution is -0.276. The van der Waals surface area contributed by atoms with E-state index >= 15 is 0 Å². The quantitative estimate of drug-likeness (QED) is 0.376. The Balaban J connectivity index is 1.58. The van der Waals surface area contributed by atoms with Gasteiger partial charge in [0.25, 0.3) is 11.5 Å². The second kappa shape index (κ2) is 9.56. The van der Waals surface area contributed by atoms with Crippen LogP contribution in [0.25, 0.3) is 0 Å². The number of oxime groups is 1. The molecule has 0 spiro atoms. The number of nitrogens with one attached hydrogen (secondary N) is 1. The zero-order valence-electron chi connectivity index (χ0n) is 19.6. The lowest BCUT2D eigenvalue weighted by Crippen LogP contribution is -2.49. The normalized spacial score (nSPS) is 23.6. The monoisotopic (exact) mass is 590 g/mol. The van der Waals surface area contributed by atoms with E-state index in [1.807, 2.05) is 0 Å². The van der Waals surface area contributed by atoms with Gasteiger partial charge in [-0.15, -0.1) is 0 Å². The van der Waals surface area contributed by atoms with Crippen LogP contribution in [0, 0.1) is 18.7 Å². The van der Waals surface area contributed by atoms with Crippen molar-refractivity contribution in [3.8, 4) is 0 Å². The van der Waals surface area contributed by atoms with E-state index in [0.29, 0.717) is 0 Å². The molecule has 0 saturated heterocycles. The average Bonchev–Trinajstić information content (AvgIpc) is 3.22. The summed E-state index contributed by atoms with van der Waals surface area (Å²) in [4.78, 5) is 17.1. The first-order chi connectivity index (χ1) is 17.8. The first kappa shape index (κ1) is 29.0. The van der Waals surface area contributed by atoms with Crippen molar-refractivity contribution in [3.63, 3.8) is 0 Å². The van der Waals surface area contributed by atoms with Crippen molar-refractivity contribution in [1.29, 1.82) is 0 Å². The standard InChI is InChI=1S/C24H17ClF10N2O2/c1-10-4-11(2-3-15(10)20(38)36-14-5-12(6-14)22(27,28)29)18-9-21(39-37-18,24(33,34)35)16-7-13(23(30,31)32)8-17(25)19(16)26/h2-4,7-8,12,14H,5-6,9H2,1H3,(H,36,38)/t12?,14?,21-/m0/s1. The van der Waals surface area contributed by atoms with Crippen molar-refractivity contribution in [2.45, 2.75) is 56.4 Å². The highest BCUT2D eigenvalue weighted by Crippen LogP contribution is 2.51. The summed E-state index contributed by atoms with van der Waals surface area (Å²) in [6, 6.07) is 3.07. The molecule has 4 nitrogen and oxygen atoms in total. The Morgan fingerprint density at radius 2 is 1.69 bits per heavy atom. The highest BCUT2D eigenvalue weighted by molar-refractivity contribution is 6.30. The van der Waals surface area contributed by atoms with Crippen molar-refractivity contribution in [2.24, 2.45) is 11.1 Å². The summed E-state index contributed by atoms with van der Waals surface area (Å²) in [5.41, 5.74) is -6.90. The maximum atomic E-state index is 14.7. The molecule has 4 rings (SSSR count). The molecule has 212 valence electrons. The van der Waals surface area contributed by atoms with Crippen LogP contribution in [0.15, 0.2) is 35.5 Å². The van der Waals surface area contributed by atoms with Crippen molar-refractivity contribution < 1.29 is 53.5 Å². The van der Waals surface area contributed by atoms with E-state index in [1.54, 1.807) is 0 Å². The van der Waals surface area contributed by atoms with Crippen molar-refractivity contribution in [3.05, 3.63) is 69.0 Å². The topological polar surface area (TPSA) is 50.7 Å². The molecule has 0 radical (unpaired) electrons. The van der Waals surface area contributed by atoms with E-state index in [4.69, 9.17) is 11.6 Å². The molecule has 1 fully saturated rings. The van der Waals surface area contributed by atoms with Gasteiger partial charge in [-0.05, 0) is 55.2 Å². The minimum absolute atomic E-state index is 0.00515. The Bertz CT molecular complexity index is 1330. The van der Waals surface area contributed by atoms with Crippen LogP contribution < -0.4 is 5.32 Å². The lowest BCUT2D eigenvalue weighted by atomic mass is 9.79. The van der Waals surface area contributed by atoms with Crippen LogP contribution in [0.4, 0.5) is 43.9 Å². The van der Waals surface area contributed by atoms with Crippen LogP contribution >= 0.6 is 11.6 Å². The molecule has 39 heavy (non-hydrogen) atoms. The number of carbonyl (C=O) groups is 1. The maximum absolute atomic E-state index is 14.7. The van der Waals surface area contributed by atoms with Crippen LogP contribution in [0.1, 0.15) is 51.9 Å². The molecule has 2 aromatic rings. The van der Waals surface area contributed by atoms with Gasteiger partial charge in [0, 0.05) is 17.2 Å². The van der Waals surface area contributed by atoms with Gasteiger partial charge in [-0.25, -0.2) is 4.39 Å². The molecule has 1 heterocycles. The van der Waals surface area contributed by atoms with Gasteiger partial charge >= 0.3 is 18.5 Å². The van der Waals surface area contributed by atoms with Gasteiger partial charge in [0.1, 0.15) is 5.82 Å². The number of halogens is 11. The third-order valence-corrected chi connectivity index (χ3v) is 6.99. The van der Waals surface area contributed by atoms with Crippen molar-refractivity contribution in [2.75, 3.05) is 0 Å². The largest absolute Gasteiger partial charge is 0.435 e. The molecule has 1 aliphatic carbocycles. The summed E-state index contributed by atoms with van der Waals surface area (Å²) in [5.74, 6) is -3.97. The number of alkyl halides is 9. The number of amides is 1. The van der Waals surface area contributed by atoms with Crippen molar-refractivity contribution >= 4 is 23.2 Å². The van der Waals surface area contributed by atoms with Crippen LogP contribution in [0.3, 0.4) is 0 Å². The summed E-state index contributed by atoms with van der Waals surface area (Å²) in [6.07, 6.45) is -16.7. The summed E-state index contributed by atoms with van der Waals surface area (Å²) in [7, 11) is 0. The van der Waals surface area contributed by atoms with Crippen LogP contribution in [-0.2, 0) is 16.6 Å². The molecule has 0 unspecified atom stereocenters. The fraction of sp³-hybridized carbons (Fsp3) is 0.417. The minimum Gasteiger partial charge on any atom is -0.374 e. The van der Waals surface area contributed by atoms with E-state index in [9.17, 15) is 48.7 Å². The third kappa shape index (κ3) is 5.39. The zero-order chi connectivity index (χ0) is 29.1. The molecule has 2 aromatic carbocycles. The van der Waals surface area contributed by atoms with E-state index in [2.05, 4.69) is 15.3 Å². The zero-order valence-corrected chi connectivity index (χ0v) is 20.3. The number of hydrogen-bond donors (Lipinski definition) is 1. The van der Waals surface area contributed by atoms with Gasteiger partial charge in [0.2, 0.25) is 0 Å². The summed E-state index contributed by atoms with van der Waals surface area (Å²) < 4.78 is 135. The second-order valence-electron chi connectivity index (χ2n) is 9.36. The maximum Gasteiger partial charge on any atom is 0.435 e. The van der Waals surface area contributed by atoms with Crippen LogP contribution in [-0.4, -0.2) is 30.0 Å². The molecule has 1 aliphatic heterocycles. The number of carbonyl (C=O) groups excluding carboxylic acids is 1. The third-order valence-electron chi connectivity index (χ3n) is 6.72. The highest BCUT2D eigenvalue weighted by atomic mass is 35.5. The number of rotatable bonds is 4. The summed E-state index contributed by atoms with van der Waals surface area (Å²) in [5, 5.41) is 4.65. The SMILES string of the molecule is Cc1cc(C2=NO[C@@](c3cc(C(F)(F)F)cc(Cl)c3F)(C(F)(F)F)C2)ccc1C(=O)NC1CC(C(F)(F)F)C1. The number of aryl methyl sites for hydroxylation is 1. The van der Waals surface area contributed by atoms with Crippen LogP contribution in [0.2, 0.25) is 5.02 Å². The smallest absolute Gasteiger partial charge is 0.374 e. The molecule has 15 heteroatoms. The molecular formula is C24H17ClF10N2O2. The first-order valence-corrected chi connectivity index (χ1v) is 11.6. The molecule has 0 aromatic heterocycles. The summed E-state index contributed by atoms with van der Waals surface area (Å²) >= 11 is 5.49. The van der Waals surface area contributed by atoms with Crippen molar-refractivity contribution in [1.82, 2.24) is 5.32 Å². The number of nitrogens with zero attached hydrogens (tertiary/aromatic N) is 1. The Morgan fingerprint density at radius 1 is 1.05 bits per heavy atom. The van der Waals surface area contributed by atoms with Gasteiger partial charge in [0.15, 0.2) is 0 Å². The molecule has 2 aliphatic rings. The molecule has 1 N–H and O–H groups in total. The minimum atomic E-state index is -5.43. The van der Waals surface area contributed by atoms with E-state index in [0.717, 1.165) is 0 Å². The van der Waals surface area contributed by atoms with E-state index < -0.39 is 76.1 Å². The number of hydrogen-bond acceptors (Lipinski definition) is 3. The van der Waals surface area contributed by atoms with Gasteiger partial charge in [-0.2, -0.15) is 39.5 Å². The van der Waals surface area contributed by atoms with Gasteiger partial charge in [-0.3, -0.25) is 4.79 Å². The average molecular weight is 591 g/mol. The molecule has 1 atom stereocenters. The lowest BCUT2D eigenvalue weighted by Gasteiger charge is -2.36. The second-order valence-corrected chi connectivity index (χ2v) is 9.77. The molecule has 0 bridgehead atoms. The fourth-order valence-corrected chi connectivity index (χ4v) is 4.67. The Hall–Kier alpha value is -3.03. The van der Waals surface area contributed by atoms with E-state index in [-0.39, 0.29) is 41.7 Å². The first-order valence-electron chi connectivity index (χ1n) is 11.2. The Kier molecular flexibility index (Phi) is 7.10. The Morgan fingerprint density at radius 3 is 2.23 bits per heavy atom. The fourth-order valence-electron chi connectivity index (χ4n) is 4.45. The summed E-state index contributed by atoms with van der Waals surface area (Å²) in [6.45, 7) is 1.41. The van der Waals surface area contributed by atoms with Gasteiger partial charge in [-0.1, -0.05) is 22.8 Å². The van der Waals surface area contributed by atoms with Gasteiger partial charge < -0.3 is 10.2 Å². The number of benzene rings is 2. The molecule has 1 amide bonds. The molecule has 1 saturated carbocycles. The predicted molar refractivity (Wildman–Crippen MR) is 118 cm³/mol. The van der Waals surface area contributed by atoms with E-state index in [1.165, 1.54) is 25.1 Å². The molecular weight excluding hydrogens is 574 g/mol.